The van der Waals surface area contributed by atoms with Gasteiger partial charge in [0.15, 0.2) is 0 Å². The van der Waals surface area contributed by atoms with Gasteiger partial charge in [0.05, 0.1) is 0 Å². The Kier molecular flexibility index (Phi) is 5.20. The Labute approximate surface area is 124 Å². The number of ether oxygens (including phenoxy) is 1. The molecule has 2 aliphatic heterocycles. The highest BCUT2D eigenvalue weighted by atomic mass is 35.5. The zero-order valence-electron chi connectivity index (χ0n) is 11.2. The van der Waals surface area contributed by atoms with Gasteiger partial charge in [-0.25, -0.2) is 4.98 Å². The average molecular weight is 304 g/mol. The third kappa shape index (κ3) is 3.47. The van der Waals surface area contributed by atoms with Crippen molar-refractivity contribution in [1.29, 1.82) is 0 Å². The van der Waals surface area contributed by atoms with Crippen LogP contribution in [0.25, 0.3) is 0 Å². The van der Waals surface area contributed by atoms with Gasteiger partial charge < -0.3 is 10.5 Å². The number of likely N-dealkylation sites (tertiary alicyclic amines) is 1. The number of hydrogen-bond acceptors (Lipinski definition) is 5. The van der Waals surface area contributed by atoms with Gasteiger partial charge in [0.1, 0.15) is 11.1 Å². The number of nitrogens with two attached hydrogens (primary N) is 1. The summed E-state index contributed by atoms with van der Waals surface area (Å²) >= 11 is 1.80. The molecule has 3 heterocycles. The monoisotopic (exact) mass is 303 g/mol. The fraction of sp³-hybridized carbons (Fsp3) is 0.769. The molecule has 4 nitrogen and oxygen atoms in total. The molecule has 0 spiro atoms. The Bertz CT molecular complexity index is 398. The minimum absolute atomic E-state index is 0. The maximum atomic E-state index is 6.05. The van der Waals surface area contributed by atoms with E-state index in [0.29, 0.717) is 12.0 Å². The normalized spacial score (nSPS) is 31.6. The van der Waals surface area contributed by atoms with Crippen LogP contribution in [0.2, 0.25) is 0 Å². The van der Waals surface area contributed by atoms with Crippen molar-refractivity contribution in [3.8, 4) is 0 Å². The van der Waals surface area contributed by atoms with E-state index in [4.69, 9.17) is 10.5 Å². The number of halogens is 1. The Morgan fingerprint density at radius 3 is 3.00 bits per heavy atom. The molecule has 19 heavy (non-hydrogen) atoms. The van der Waals surface area contributed by atoms with Crippen molar-refractivity contribution in [2.75, 3.05) is 19.7 Å². The van der Waals surface area contributed by atoms with Crippen molar-refractivity contribution < 1.29 is 4.74 Å². The van der Waals surface area contributed by atoms with Gasteiger partial charge in [0.2, 0.25) is 0 Å². The predicted molar refractivity (Wildman–Crippen MR) is 79.7 cm³/mol. The number of thiazole rings is 1. The Morgan fingerprint density at radius 2 is 2.37 bits per heavy atom. The molecule has 3 rings (SSSR count). The highest BCUT2D eigenvalue weighted by molar-refractivity contribution is 7.11. The smallest absolute Gasteiger partial charge is 0.122 e. The molecule has 2 N–H and O–H groups in total. The minimum Gasteiger partial charge on any atom is -0.371 e. The van der Waals surface area contributed by atoms with Crippen LogP contribution in [0.15, 0.2) is 6.20 Å². The lowest BCUT2D eigenvalue weighted by Gasteiger charge is -2.13. The molecule has 3 atom stereocenters. The second-order valence-corrected chi connectivity index (χ2v) is 6.65. The SMILES string of the molecule is CC1CN(Cc2cnc(C3CCCO3)s2)CC1N.Cl. The summed E-state index contributed by atoms with van der Waals surface area (Å²) in [6.07, 6.45) is 4.55. The molecule has 0 aromatic carbocycles. The molecule has 6 heteroatoms. The summed E-state index contributed by atoms with van der Waals surface area (Å²) in [5.74, 6) is 0.607. The Balaban J connectivity index is 0.00000133. The number of rotatable bonds is 3. The summed E-state index contributed by atoms with van der Waals surface area (Å²) in [6.45, 7) is 6.22. The highest BCUT2D eigenvalue weighted by Gasteiger charge is 2.27. The molecule has 0 bridgehead atoms. The third-order valence-electron chi connectivity index (χ3n) is 3.90. The van der Waals surface area contributed by atoms with E-state index >= 15 is 0 Å². The van der Waals surface area contributed by atoms with Crippen LogP contribution in [0, 0.1) is 5.92 Å². The van der Waals surface area contributed by atoms with Gasteiger partial charge in [-0.15, -0.1) is 23.7 Å². The van der Waals surface area contributed by atoms with E-state index < -0.39 is 0 Å². The summed E-state index contributed by atoms with van der Waals surface area (Å²) < 4.78 is 5.67. The third-order valence-corrected chi connectivity index (χ3v) is 4.98. The summed E-state index contributed by atoms with van der Waals surface area (Å²) in [5.41, 5.74) is 6.05. The van der Waals surface area contributed by atoms with Crippen LogP contribution in [-0.4, -0.2) is 35.6 Å². The molecule has 0 saturated carbocycles. The van der Waals surface area contributed by atoms with E-state index in [-0.39, 0.29) is 18.5 Å². The van der Waals surface area contributed by atoms with Gasteiger partial charge in [-0.1, -0.05) is 6.92 Å². The van der Waals surface area contributed by atoms with Gasteiger partial charge in [0, 0.05) is 43.4 Å². The van der Waals surface area contributed by atoms with Crippen LogP contribution >= 0.6 is 23.7 Å². The molecular formula is C13H22ClN3OS. The first-order chi connectivity index (χ1) is 8.72. The average Bonchev–Trinajstić information content (AvgIpc) is 3.02. The van der Waals surface area contributed by atoms with Crippen LogP contribution in [0.5, 0.6) is 0 Å². The van der Waals surface area contributed by atoms with Crippen molar-refractivity contribution in [3.63, 3.8) is 0 Å². The fourth-order valence-electron chi connectivity index (χ4n) is 2.76. The molecular weight excluding hydrogens is 282 g/mol. The number of hydrogen-bond donors (Lipinski definition) is 1. The second kappa shape index (κ2) is 6.50. The van der Waals surface area contributed by atoms with E-state index in [2.05, 4.69) is 16.8 Å². The van der Waals surface area contributed by atoms with Gasteiger partial charge >= 0.3 is 0 Å². The first kappa shape index (κ1) is 15.2. The topological polar surface area (TPSA) is 51.4 Å². The fourth-order valence-corrected chi connectivity index (χ4v) is 3.81. The molecule has 0 amide bonds. The van der Waals surface area contributed by atoms with E-state index in [0.717, 1.165) is 44.1 Å². The first-order valence-corrected chi connectivity index (χ1v) is 7.58. The highest BCUT2D eigenvalue weighted by Crippen LogP contribution is 2.32. The first-order valence-electron chi connectivity index (χ1n) is 6.76. The maximum Gasteiger partial charge on any atom is 0.122 e. The Hall–Kier alpha value is -0.200. The molecule has 2 saturated heterocycles. The van der Waals surface area contributed by atoms with Crippen LogP contribution in [0.4, 0.5) is 0 Å². The Morgan fingerprint density at radius 1 is 1.53 bits per heavy atom. The molecule has 108 valence electrons. The lowest BCUT2D eigenvalue weighted by molar-refractivity contribution is 0.111. The van der Waals surface area contributed by atoms with E-state index in [1.165, 1.54) is 4.88 Å². The van der Waals surface area contributed by atoms with E-state index in [9.17, 15) is 0 Å². The van der Waals surface area contributed by atoms with Crippen molar-refractivity contribution in [1.82, 2.24) is 9.88 Å². The lowest BCUT2D eigenvalue weighted by atomic mass is 10.1. The van der Waals surface area contributed by atoms with Gasteiger partial charge in [0.25, 0.3) is 0 Å². The lowest BCUT2D eigenvalue weighted by Crippen LogP contribution is -2.28. The summed E-state index contributed by atoms with van der Waals surface area (Å²) in [7, 11) is 0. The minimum atomic E-state index is 0. The van der Waals surface area contributed by atoms with Gasteiger partial charge in [-0.3, -0.25) is 4.90 Å². The van der Waals surface area contributed by atoms with Crippen LogP contribution in [-0.2, 0) is 11.3 Å². The predicted octanol–water partition coefficient (Wildman–Crippen LogP) is 2.20. The van der Waals surface area contributed by atoms with Crippen LogP contribution < -0.4 is 5.73 Å². The largest absolute Gasteiger partial charge is 0.371 e. The zero-order valence-corrected chi connectivity index (χ0v) is 12.9. The van der Waals surface area contributed by atoms with Crippen LogP contribution in [0.3, 0.4) is 0 Å². The maximum absolute atomic E-state index is 6.05. The van der Waals surface area contributed by atoms with Crippen LogP contribution in [0.1, 0.15) is 35.8 Å². The molecule has 0 radical (unpaired) electrons. The molecule has 0 aliphatic carbocycles. The standard InChI is InChI=1S/C13H21N3OS.ClH/c1-9-6-16(8-11(9)14)7-10-5-15-13(18-10)12-3-2-4-17-12;/h5,9,11-12H,2-4,6-8,14H2,1H3;1H. The second-order valence-electron chi connectivity index (χ2n) is 5.50. The molecule has 3 unspecified atom stereocenters. The van der Waals surface area contributed by atoms with E-state index in [1.54, 1.807) is 11.3 Å². The molecule has 2 fully saturated rings. The van der Waals surface area contributed by atoms with E-state index in [1.807, 2.05) is 6.20 Å². The molecule has 1 aromatic heterocycles. The van der Waals surface area contributed by atoms with Gasteiger partial charge in [-0.2, -0.15) is 0 Å². The number of aromatic nitrogens is 1. The molecule has 1 aromatic rings. The quantitative estimate of drug-likeness (QED) is 0.930. The van der Waals surface area contributed by atoms with Crippen molar-refractivity contribution in [2.24, 2.45) is 11.7 Å². The number of nitrogens with zero attached hydrogens (tertiary/aromatic N) is 2. The summed E-state index contributed by atoms with van der Waals surface area (Å²) in [4.78, 5) is 8.28. The van der Waals surface area contributed by atoms with Crippen molar-refractivity contribution >= 4 is 23.7 Å². The van der Waals surface area contributed by atoms with Crippen molar-refractivity contribution in [3.05, 3.63) is 16.1 Å². The van der Waals surface area contributed by atoms with Gasteiger partial charge in [-0.05, 0) is 18.8 Å². The zero-order chi connectivity index (χ0) is 12.5. The van der Waals surface area contributed by atoms with Crippen molar-refractivity contribution in [2.45, 2.75) is 38.5 Å². The summed E-state index contributed by atoms with van der Waals surface area (Å²) in [6, 6.07) is 0.329. The molecule has 2 aliphatic rings. The summed E-state index contributed by atoms with van der Waals surface area (Å²) in [5, 5.41) is 1.15.